The molecule has 0 saturated heterocycles. The standard InChI is InChI=1S/C11H15N7O3/c1-4(2)5(12)11(20)18(21)10-6-8(15-3-14-6)16-9(17-10)7(13)19/h3-5,21H,12H2,1-2H3,(H2,13,19)(H,14,15,16,17)/t5-/m0/s1. The molecule has 10 nitrogen and oxygen atoms in total. The van der Waals surface area contributed by atoms with Gasteiger partial charge in [-0.15, -0.1) is 0 Å². The molecular formula is C11H15N7O3. The summed E-state index contributed by atoms with van der Waals surface area (Å²) in [4.78, 5) is 37.4. The second-order valence-corrected chi connectivity index (χ2v) is 4.76. The molecule has 2 heterocycles. The van der Waals surface area contributed by atoms with Crippen molar-refractivity contribution in [2.24, 2.45) is 17.4 Å². The Labute approximate surface area is 119 Å². The normalized spacial score (nSPS) is 12.6. The van der Waals surface area contributed by atoms with Crippen molar-refractivity contribution in [2.45, 2.75) is 19.9 Å². The molecule has 6 N–H and O–H groups in total. The molecule has 21 heavy (non-hydrogen) atoms. The number of hydrogen-bond donors (Lipinski definition) is 4. The average molecular weight is 293 g/mol. The van der Waals surface area contributed by atoms with Crippen LogP contribution in [-0.4, -0.2) is 43.0 Å². The Morgan fingerprint density at radius 2 is 2.05 bits per heavy atom. The van der Waals surface area contributed by atoms with Crippen molar-refractivity contribution in [2.75, 3.05) is 5.06 Å². The number of fused-ring (bicyclic) bond motifs is 1. The number of primary amides is 1. The van der Waals surface area contributed by atoms with Gasteiger partial charge in [-0.3, -0.25) is 14.8 Å². The molecule has 0 bridgehead atoms. The van der Waals surface area contributed by atoms with Gasteiger partial charge in [-0.2, -0.15) is 5.06 Å². The monoisotopic (exact) mass is 293 g/mol. The van der Waals surface area contributed by atoms with E-state index in [2.05, 4.69) is 19.9 Å². The number of rotatable bonds is 4. The topological polar surface area (TPSA) is 164 Å². The Hall–Kier alpha value is -2.59. The molecule has 0 aliphatic rings. The number of H-pyrrole nitrogens is 1. The lowest BCUT2D eigenvalue weighted by molar-refractivity contribution is -0.125. The van der Waals surface area contributed by atoms with E-state index in [1.165, 1.54) is 6.33 Å². The van der Waals surface area contributed by atoms with Crippen LogP contribution in [0.4, 0.5) is 5.82 Å². The van der Waals surface area contributed by atoms with Crippen LogP contribution in [0.1, 0.15) is 24.5 Å². The average Bonchev–Trinajstić information content (AvgIpc) is 2.91. The summed E-state index contributed by atoms with van der Waals surface area (Å²) in [5.41, 5.74) is 11.1. The molecule has 0 spiro atoms. The van der Waals surface area contributed by atoms with Gasteiger partial charge in [0.25, 0.3) is 11.8 Å². The van der Waals surface area contributed by atoms with Gasteiger partial charge in [0.2, 0.25) is 5.82 Å². The zero-order valence-corrected chi connectivity index (χ0v) is 11.4. The minimum atomic E-state index is -0.931. The molecule has 2 aromatic heterocycles. The van der Waals surface area contributed by atoms with Gasteiger partial charge < -0.3 is 16.5 Å². The SMILES string of the molecule is CC(C)[C@H](N)C(=O)N(O)c1nc(C(N)=O)nc2nc[nH]c12. The number of aromatic amines is 1. The highest BCUT2D eigenvalue weighted by Gasteiger charge is 2.27. The molecular weight excluding hydrogens is 278 g/mol. The molecule has 2 amide bonds. The van der Waals surface area contributed by atoms with Crippen molar-refractivity contribution in [1.29, 1.82) is 0 Å². The van der Waals surface area contributed by atoms with E-state index < -0.39 is 17.9 Å². The van der Waals surface area contributed by atoms with Crippen LogP contribution in [0.3, 0.4) is 0 Å². The summed E-state index contributed by atoms with van der Waals surface area (Å²) >= 11 is 0. The number of aromatic nitrogens is 4. The van der Waals surface area contributed by atoms with E-state index in [1.807, 2.05) is 0 Å². The molecule has 2 aromatic rings. The van der Waals surface area contributed by atoms with Crippen molar-refractivity contribution in [1.82, 2.24) is 19.9 Å². The second kappa shape index (κ2) is 5.42. The van der Waals surface area contributed by atoms with Gasteiger partial charge in [0.15, 0.2) is 11.5 Å². The Bertz CT molecular complexity index is 696. The van der Waals surface area contributed by atoms with Crippen molar-refractivity contribution in [3.05, 3.63) is 12.2 Å². The largest absolute Gasteiger partial charge is 0.363 e. The highest BCUT2D eigenvalue weighted by atomic mass is 16.5. The van der Waals surface area contributed by atoms with E-state index in [9.17, 15) is 14.8 Å². The number of nitrogens with two attached hydrogens (primary N) is 2. The molecule has 1 atom stereocenters. The molecule has 2 rings (SSSR count). The number of anilines is 1. The van der Waals surface area contributed by atoms with Gasteiger partial charge in [0, 0.05) is 0 Å². The maximum Gasteiger partial charge on any atom is 0.286 e. The van der Waals surface area contributed by atoms with E-state index in [0.29, 0.717) is 0 Å². The Morgan fingerprint density at radius 3 is 2.62 bits per heavy atom. The van der Waals surface area contributed by atoms with Crippen LogP contribution in [0.25, 0.3) is 11.2 Å². The van der Waals surface area contributed by atoms with Crippen molar-refractivity contribution < 1.29 is 14.8 Å². The van der Waals surface area contributed by atoms with E-state index in [0.717, 1.165) is 0 Å². The molecule has 0 unspecified atom stereocenters. The second-order valence-electron chi connectivity index (χ2n) is 4.76. The highest BCUT2D eigenvalue weighted by molar-refractivity contribution is 6.01. The molecule has 0 aliphatic heterocycles. The quantitative estimate of drug-likeness (QED) is 0.421. The molecule has 0 aromatic carbocycles. The predicted octanol–water partition coefficient (Wildman–Crippen LogP) is -0.843. The van der Waals surface area contributed by atoms with E-state index in [-0.39, 0.29) is 33.8 Å². The van der Waals surface area contributed by atoms with E-state index >= 15 is 0 Å². The maximum absolute atomic E-state index is 12.1. The first-order valence-corrected chi connectivity index (χ1v) is 6.12. The van der Waals surface area contributed by atoms with Crippen LogP contribution in [0.15, 0.2) is 6.33 Å². The van der Waals surface area contributed by atoms with Gasteiger partial charge in [-0.05, 0) is 5.92 Å². The first-order valence-electron chi connectivity index (χ1n) is 6.12. The lowest BCUT2D eigenvalue weighted by atomic mass is 10.1. The minimum absolute atomic E-state index is 0.0961. The van der Waals surface area contributed by atoms with Crippen LogP contribution in [0.2, 0.25) is 0 Å². The fourth-order valence-corrected chi connectivity index (χ4v) is 1.61. The van der Waals surface area contributed by atoms with Gasteiger partial charge in [0.1, 0.15) is 5.52 Å². The van der Waals surface area contributed by atoms with Gasteiger partial charge >= 0.3 is 0 Å². The fraction of sp³-hybridized carbons (Fsp3) is 0.364. The first kappa shape index (κ1) is 14.8. The summed E-state index contributed by atoms with van der Waals surface area (Å²) in [6.45, 7) is 3.47. The molecule has 10 heteroatoms. The third kappa shape index (κ3) is 2.66. The van der Waals surface area contributed by atoms with Crippen LogP contribution < -0.4 is 16.5 Å². The zero-order valence-electron chi connectivity index (χ0n) is 11.4. The van der Waals surface area contributed by atoms with Crippen molar-refractivity contribution in [3.63, 3.8) is 0 Å². The summed E-state index contributed by atoms with van der Waals surface area (Å²) in [5, 5.41) is 10.3. The lowest BCUT2D eigenvalue weighted by Gasteiger charge is -2.21. The predicted molar refractivity (Wildman–Crippen MR) is 72.3 cm³/mol. The summed E-state index contributed by atoms with van der Waals surface area (Å²) < 4.78 is 0. The Kier molecular flexibility index (Phi) is 3.82. The number of nitrogens with zero attached hydrogens (tertiary/aromatic N) is 4. The molecule has 112 valence electrons. The Balaban J connectivity index is 2.51. The molecule has 0 radical (unpaired) electrons. The minimum Gasteiger partial charge on any atom is -0.363 e. The van der Waals surface area contributed by atoms with Gasteiger partial charge in [-0.25, -0.2) is 15.0 Å². The first-order chi connectivity index (χ1) is 9.82. The third-order valence-corrected chi connectivity index (χ3v) is 2.90. The maximum atomic E-state index is 12.1. The summed E-state index contributed by atoms with van der Waals surface area (Å²) in [7, 11) is 0. The van der Waals surface area contributed by atoms with E-state index in [1.54, 1.807) is 13.8 Å². The number of imidazole rings is 1. The highest BCUT2D eigenvalue weighted by Crippen LogP contribution is 2.21. The number of hydrogen-bond acceptors (Lipinski definition) is 7. The lowest BCUT2D eigenvalue weighted by Crippen LogP contribution is -2.45. The fourth-order valence-electron chi connectivity index (χ4n) is 1.61. The number of amides is 2. The number of hydroxylamine groups is 1. The van der Waals surface area contributed by atoms with E-state index in [4.69, 9.17) is 11.5 Å². The Morgan fingerprint density at radius 1 is 1.38 bits per heavy atom. The van der Waals surface area contributed by atoms with Gasteiger partial charge in [0.05, 0.1) is 12.4 Å². The third-order valence-electron chi connectivity index (χ3n) is 2.90. The smallest absolute Gasteiger partial charge is 0.286 e. The summed E-state index contributed by atoms with van der Waals surface area (Å²) in [5.74, 6) is -2.46. The van der Waals surface area contributed by atoms with Crippen LogP contribution in [-0.2, 0) is 4.79 Å². The molecule has 0 aliphatic carbocycles. The van der Waals surface area contributed by atoms with Crippen LogP contribution in [0.5, 0.6) is 0 Å². The number of nitrogens with one attached hydrogen (secondary N) is 1. The number of carbonyl (C=O) groups is 2. The van der Waals surface area contributed by atoms with Crippen molar-refractivity contribution >= 4 is 28.8 Å². The number of carbonyl (C=O) groups excluding carboxylic acids is 2. The summed E-state index contributed by atoms with van der Waals surface area (Å²) in [6, 6.07) is -0.931. The van der Waals surface area contributed by atoms with Crippen molar-refractivity contribution in [3.8, 4) is 0 Å². The van der Waals surface area contributed by atoms with Crippen LogP contribution in [0, 0.1) is 5.92 Å². The van der Waals surface area contributed by atoms with Gasteiger partial charge in [-0.1, -0.05) is 13.8 Å². The zero-order chi connectivity index (χ0) is 15.7. The molecule has 0 saturated carbocycles. The molecule has 0 fully saturated rings. The van der Waals surface area contributed by atoms with Crippen LogP contribution >= 0.6 is 0 Å². The summed E-state index contributed by atoms with van der Waals surface area (Å²) in [6.07, 6.45) is 1.29.